The third-order valence-corrected chi connectivity index (χ3v) is 2.71. The predicted molar refractivity (Wildman–Crippen MR) is 57.0 cm³/mol. The van der Waals surface area contributed by atoms with E-state index in [2.05, 4.69) is 20.9 Å². The van der Waals surface area contributed by atoms with E-state index in [1.807, 2.05) is 0 Å². The standard InChI is InChI=1S/C10H7BrFNO/c1-5-4-7(11)10-6(9(5)12)2-3-8(14)13-10/h2-4H,1H3,(H,13,14). The van der Waals surface area contributed by atoms with Crippen LogP contribution in [-0.2, 0) is 0 Å². The fourth-order valence-corrected chi connectivity index (χ4v) is 2.04. The molecule has 0 saturated carbocycles. The van der Waals surface area contributed by atoms with Gasteiger partial charge in [0.1, 0.15) is 5.82 Å². The van der Waals surface area contributed by atoms with Crippen molar-refractivity contribution in [3.8, 4) is 0 Å². The second kappa shape index (κ2) is 3.20. The first-order valence-electron chi connectivity index (χ1n) is 4.07. The summed E-state index contributed by atoms with van der Waals surface area (Å²) in [4.78, 5) is 13.6. The van der Waals surface area contributed by atoms with Gasteiger partial charge in [-0.05, 0) is 40.5 Å². The second-order valence-corrected chi connectivity index (χ2v) is 3.95. The van der Waals surface area contributed by atoms with Crippen molar-refractivity contribution in [2.75, 3.05) is 0 Å². The molecule has 0 fully saturated rings. The molecule has 0 amide bonds. The Morgan fingerprint density at radius 1 is 1.43 bits per heavy atom. The molecule has 0 unspecified atom stereocenters. The van der Waals surface area contributed by atoms with Crippen molar-refractivity contribution in [2.45, 2.75) is 6.92 Å². The van der Waals surface area contributed by atoms with E-state index in [1.54, 1.807) is 13.0 Å². The van der Waals surface area contributed by atoms with Crippen LogP contribution in [0.3, 0.4) is 0 Å². The van der Waals surface area contributed by atoms with Gasteiger partial charge in [0.25, 0.3) is 0 Å². The third kappa shape index (κ3) is 1.35. The van der Waals surface area contributed by atoms with Crippen molar-refractivity contribution in [2.24, 2.45) is 0 Å². The van der Waals surface area contributed by atoms with Gasteiger partial charge in [-0.15, -0.1) is 0 Å². The number of fused-ring (bicyclic) bond motifs is 1. The maximum atomic E-state index is 13.6. The Bertz CT molecular complexity index is 562. The molecule has 0 spiro atoms. The van der Waals surface area contributed by atoms with Gasteiger partial charge >= 0.3 is 0 Å². The number of nitrogens with one attached hydrogen (secondary N) is 1. The molecule has 0 aliphatic rings. The SMILES string of the molecule is Cc1cc(Br)c2[nH]c(=O)ccc2c1F. The van der Waals surface area contributed by atoms with Crippen LogP contribution in [0.2, 0.25) is 0 Å². The molecule has 0 radical (unpaired) electrons. The zero-order valence-electron chi connectivity index (χ0n) is 7.40. The molecule has 1 heterocycles. The molecule has 4 heteroatoms. The molecule has 72 valence electrons. The lowest BCUT2D eigenvalue weighted by atomic mass is 10.1. The molecule has 1 aromatic carbocycles. The third-order valence-electron chi connectivity index (χ3n) is 2.08. The maximum Gasteiger partial charge on any atom is 0.248 e. The van der Waals surface area contributed by atoms with E-state index < -0.39 is 0 Å². The average Bonchev–Trinajstić information content (AvgIpc) is 2.14. The Morgan fingerprint density at radius 3 is 2.86 bits per heavy atom. The van der Waals surface area contributed by atoms with Gasteiger partial charge in [0.15, 0.2) is 0 Å². The highest BCUT2D eigenvalue weighted by atomic mass is 79.9. The molecule has 0 atom stereocenters. The molecule has 2 nitrogen and oxygen atoms in total. The van der Waals surface area contributed by atoms with Crippen LogP contribution in [0.4, 0.5) is 4.39 Å². The zero-order chi connectivity index (χ0) is 10.3. The Balaban J connectivity index is 3.02. The monoisotopic (exact) mass is 255 g/mol. The summed E-state index contributed by atoms with van der Waals surface area (Å²) < 4.78 is 14.3. The maximum absolute atomic E-state index is 13.6. The molecule has 2 rings (SSSR count). The number of aryl methyl sites for hydroxylation is 1. The Morgan fingerprint density at radius 2 is 2.14 bits per heavy atom. The largest absolute Gasteiger partial charge is 0.321 e. The summed E-state index contributed by atoms with van der Waals surface area (Å²) in [6.45, 7) is 1.69. The van der Waals surface area contributed by atoms with Crippen LogP contribution in [-0.4, -0.2) is 4.98 Å². The summed E-state index contributed by atoms with van der Waals surface area (Å²) in [5.74, 6) is -0.292. The van der Waals surface area contributed by atoms with Crippen molar-refractivity contribution in [1.82, 2.24) is 4.98 Å². The molecular formula is C10H7BrFNO. The fourth-order valence-electron chi connectivity index (χ4n) is 1.38. The number of aromatic nitrogens is 1. The molecular weight excluding hydrogens is 249 g/mol. The summed E-state index contributed by atoms with van der Waals surface area (Å²) in [6.07, 6.45) is 0. The normalized spacial score (nSPS) is 10.8. The first-order chi connectivity index (χ1) is 6.59. The van der Waals surface area contributed by atoms with Crippen molar-refractivity contribution in [1.29, 1.82) is 0 Å². The van der Waals surface area contributed by atoms with Crippen LogP contribution in [0.5, 0.6) is 0 Å². The zero-order valence-corrected chi connectivity index (χ0v) is 8.98. The van der Waals surface area contributed by atoms with Gasteiger partial charge in [0, 0.05) is 15.9 Å². The summed E-state index contributed by atoms with van der Waals surface area (Å²) >= 11 is 3.28. The van der Waals surface area contributed by atoms with Crippen LogP contribution in [0.15, 0.2) is 27.5 Å². The van der Waals surface area contributed by atoms with Crippen LogP contribution < -0.4 is 5.56 Å². The van der Waals surface area contributed by atoms with Crippen molar-refractivity contribution >= 4 is 26.8 Å². The molecule has 0 aliphatic heterocycles. The first kappa shape index (κ1) is 9.40. The van der Waals surface area contributed by atoms with Crippen molar-refractivity contribution in [3.05, 3.63) is 44.4 Å². The van der Waals surface area contributed by atoms with Gasteiger partial charge in [0.05, 0.1) is 5.52 Å². The number of hydrogen-bond acceptors (Lipinski definition) is 1. The lowest BCUT2D eigenvalue weighted by Crippen LogP contribution is -2.04. The van der Waals surface area contributed by atoms with E-state index in [1.165, 1.54) is 12.1 Å². The molecule has 0 bridgehead atoms. The van der Waals surface area contributed by atoms with Gasteiger partial charge in [-0.25, -0.2) is 4.39 Å². The van der Waals surface area contributed by atoms with E-state index in [9.17, 15) is 9.18 Å². The van der Waals surface area contributed by atoms with Crippen LogP contribution in [0.1, 0.15) is 5.56 Å². The van der Waals surface area contributed by atoms with Gasteiger partial charge in [-0.1, -0.05) is 0 Å². The lowest BCUT2D eigenvalue weighted by molar-refractivity contribution is 0.630. The van der Waals surface area contributed by atoms with E-state index in [-0.39, 0.29) is 11.4 Å². The van der Waals surface area contributed by atoms with Gasteiger partial charge in [0.2, 0.25) is 5.56 Å². The molecule has 1 N–H and O–H groups in total. The molecule has 2 aromatic rings. The number of pyridine rings is 1. The van der Waals surface area contributed by atoms with Crippen molar-refractivity contribution in [3.63, 3.8) is 0 Å². The summed E-state index contributed by atoms with van der Waals surface area (Å²) in [6, 6.07) is 4.45. The second-order valence-electron chi connectivity index (χ2n) is 3.10. The number of hydrogen-bond donors (Lipinski definition) is 1. The highest BCUT2D eigenvalue weighted by molar-refractivity contribution is 9.10. The molecule has 14 heavy (non-hydrogen) atoms. The minimum atomic E-state index is -0.292. The first-order valence-corrected chi connectivity index (χ1v) is 4.86. The number of H-pyrrole nitrogens is 1. The van der Waals surface area contributed by atoms with Crippen molar-refractivity contribution < 1.29 is 4.39 Å². The highest BCUT2D eigenvalue weighted by Crippen LogP contribution is 2.25. The van der Waals surface area contributed by atoms with E-state index >= 15 is 0 Å². The minimum Gasteiger partial charge on any atom is -0.321 e. The summed E-state index contributed by atoms with van der Waals surface area (Å²) in [7, 11) is 0. The van der Waals surface area contributed by atoms with E-state index in [0.717, 1.165) is 0 Å². The topological polar surface area (TPSA) is 32.9 Å². The van der Waals surface area contributed by atoms with Gasteiger partial charge in [-0.2, -0.15) is 0 Å². The number of aromatic amines is 1. The van der Waals surface area contributed by atoms with Crippen LogP contribution in [0, 0.1) is 12.7 Å². The highest BCUT2D eigenvalue weighted by Gasteiger charge is 2.08. The molecule has 0 saturated heterocycles. The summed E-state index contributed by atoms with van der Waals surface area (Å²) in [5, 5.41) is 0.427. The Hall–Kier alpha value is -1.16. The Kier molecular flexibility index (Phi) is 2.15. The quantitative estimate of drug-likeness (QED) is 0.772. The average molecular weight is 256 g/mol. The smallest absolute Gasteiger partial charge is 0.248 e. The van der Waals surface area contributed by atoms with Gasteiger partial charge < -0.3 is 4.98 Å². The summed E-state index contributed by atoms with van der Waals surface area (Å²) in [5.41, 5.74) is 0.818. The fraction of sp³-hybridized carbons (Fsp3) is 0.100. The number of halogens is 2. The Labute approximate surface area is 87.9 Å². The number of benzene rings is 1. The predicted octanol–water partition coefficient (Wildman–Crippen LogP) is 2.74. The van der Waals surface area contributed by atoms with Crippen LogP contribution >= 0.6 is 15.9 Å². The van der Waals surface area contributed by atoms with Crippen LogP contribution in [0.25, 0.3) is 10.9 Å². The van der Waals surface area contributed by atoms with E-state index in [4.69, 9.17) is 0 Å². The molecule has 0 aliphatic carbocycles. The minimum absolute atomic E-state index is 0.235. The van der Waals surface area contributed by atoms with Gasteiger partial charge in [-0.3, -0.25) is 4.79 Å². The van der Waals surface area contributed by atoms with E-state index in [0.29, 0.717) is 20.9 Å². The number of rotatable bonds is 0. The lowest BCUT2D eigenvalue weighted by Gasteiger charge is -2.04. The molecule has 1 aromatic heterocycles.